The van der Waals surface area contributed by atoms with Crippen LogP contribution in [0.2, 0.25) is 0 Å². The molecule has 0 radical (unpaired) electrons. The molecule has 0 aliphatic rings. The maximum atomic E-state index is 14.5. The number of hydrogen-bond acceptors (Lipinski definition) is 3. The number of ether oxygens (including phenoxy) is 1. The minimum atomic E-state index is -0.975. The number of alkyl halides is 1. The van der Waals surface area contributed by atoms with E-state index in [9.17, 15) is 13.2 Å². The Bertz CT molecular complexity index is 751. The molecule has 1 aromatic heterocycles. The van der Waals surface area contributed by atoms with Crippen molar-refractivity contribution in [2.24, 2.45) is 0 Å². The van der Waals surface area contributed by atoms with Crippen molar-refractivity contribution in [1.29, 1.82) is 0 Å². The number of hydrogen-bond donors (Lipinski definition) is 0. The van der Waals surface area contributed by atoms with Gasteiger partial charge in [0.05, 0.1) is 30.7 Å². The number of rotatable bonds is 14. The van der Waals surface area contributed by atoms with Gasteiger partial charge in [0.15, 0.2) is 23.2 Å². The van der Waals surface area contributed by atoms with Crippen LogP contribution in [0.25, 0.3) is 11.4 Å². The summed E-state index contributed by atoms with van der Waals surface area (Å²) in [6, 6.07) is 2.99. The molecule has 0 N–H and O–H groups in total. The summed E-state index contributed by atoms with van der Waals surface area (Å²) in [6.07, 6.45) is 11.5. The van der Waals surface area contributed by atoms with Gasteiger partial charge < -0.3 is 4.74 Å². The number of benzene rings is 1. The number of aryl methyl sites for hydroxylation is 1. The topological polar surface area (TPSA) is 35.0 Å². The number of nitrogens with zero attached hydrogens (tertiary/aromatic N) is 2. The van der Waals surface area contributed by atoms with Crippen LogP contribution in [-0.2, 0) is 6.42 Å². The summed E-state index contributed by atoms with van der Waals surface area (Å²) in [6.45, 7) is 4.25. The van der Waals surface area contributed by atoms with Crippen LogP contribution in [0.3, 0.4) is 0 Å². The molecule has 0 aliphatic heterocycles. The lowest BCUT2D eigenvalue weighted by atomic mass is 10.0. The molecule has 0 fully saturated rings. The molecule has 30 heavy (non-hydrogen) atoms. The van der Waals surface area contributed by atoms with Crippen molar-refractivity contribution >= 4 is 0 Å². The van der Waals surface area contributed by atoms with Gasteiger partial charge in [0.1, 0.15) is 0 Å². The Balaban J connectivity index is 1.84. The van der Waals surface area contributed by atoms with E-state index in [1.165, 1.54) is 63.6 Å². The molecule has 1 unspecified atom stereocenters. The van der Waals surface area contributed by atoms with E-state index >= 15 is 0 Å². The molecule has 0 spiro atoms. The number of halogens is 3. The van der Waals surface area contributed by atoms with E-state index in [4.69, 9.17) is 4.74 Å². The third-order valence-corrected chi connectivity index (χ3v) is 5.10. The highest BCUT2D eigenvalue weighted by Crippen LogP contribution is 2.25. The smallest absolute Gasteiger partial charge is 0.170 e. The molecule has 0 saturated carbocycles. The Morgan fingerprint density at radius 3 is 2.23 bits per heavy atom. The van der Waals surface area contributed by atoms with Crippen LogP contribution in [-0.4, -0.2) is 22.7 Å². The molecule has 3 nitrogen and oxygen atoms in total. The molecular weight excluding hydrogens is 389 g/mol. The Morgan fingerprint density at radius 1 is 0.900 bits per heavy atom. The first-order valence-electron chi connectivity index (χ1n) is 11.1. The first-order valence-corrected chi connectivity index (χ1v) is 11.1. The molecule has 6 heteroatoms. The molecule has 2 rings (SSSR count). The lowest BCUT2D eigenvalue weighted by Crippen LogP contribution is -2.02. The van der Waals surface area contributed by atoms with E-state index in [0.717, 1.165) is 12.8 Å². The zero-order chi connectivity index (χ0) is 21.8. The van der Waals surface area contributed by atoms with Crippen LogP contribution < -0.4 is 4.74 Å². The summed E-state index contributed by atoms with van der Waals surface area (Å²) in [5.41, 5.74) is 0.250. The predicted molar refractivity (Wildman–Crippen MR) is 114 cm³/mol. The first-order chi connectivity index (χ1) is 14.5. The van der Waals surface area contributed by atoms with Gasteiger partial charge in [0, 0.05) is 0 Å². The molecule has 1 atom stereocenters. The van der Waals surface area contributed by atoms with Crippen LogP contribution in [0, 0.1) is 11.6 Å². The van der Waals surface area contributed by atoms with Crippen LogP contribution in [0.15, 0.2) is 24.5 Å². The lowest BCUT2D eigenvalue weighted by Gasteiger charge is -2.09. The van der Waals surface area contributed by atoms with Gasteiger partial charge in [-0.25, -0.2) is 23.1 Å². The van der Waals surface area contributed by atoms with E-state index in [1.807, 2.05) is 0 Å². The number of aromatic nitrogens is 2. The average Bonchev–Trinajstić information content (AvgIpc) is 2.73. The van der Waals surface area contributed by atoms with Crippen LogP contribution in [0.4, 0.5) is 13.2 Å². The van der Waals surface area contributed by atoms with E-state index in [0.29, 0.717) is 31.6 Å². The fourth-order valence-corrected chi connectivity index (χ4v) is 3.31. The first kappa shape index (κ1) is 24.2. The summed E-state index contributed by atoms with van der Waals surface area (Å²) < 4.78 is 47.3. The van der Waals surface area contributed by atoms with Crippen LogP contribution in [0.5, 0.6) is 5.75 Å². The molecule has 0 amide bonds. The minimum absolute atomic E-state index is 0.00809. The third kappa shape index (κ3) is 7.96. The second kappa shape index (κ2) is 13.2. The Hall–Kier alpha value is -2.11. The maximum Gasteiger partial charge on any atom is 0.170 e. The lowest BCUT2D eigenvalue weighted by molar-refractivity contribution is 0.302. The molecule has 1 heterocycles. The van der Waals surface area contributed by atoms with Gasteiger partial charge in [-0.15, -0.1) is 0 Å². The van der Waals surface area contributed by atoms with Gasteiger partial charge in [-0.05, 0) is 44.2 Å². The molecule has 166 valence electrons. The fourth-order valence-electron chi connectivity index (χ4n) is 3.31. The standard InChI is InChI=1S/C24H33F3N2O/c1-3-4-5-6-7-8-9-15-30-20-16-28-24(29-17-20)21-14-13-19(22(26)23(21)27)12-10-11-18(2)25/h13-14,16-18H,3-12,15H2,1-2H3. The van der Waals surface area contributed by atoms with Gasteiger partial charge in [-0.2, -0.15) is 0 Å². The van der Waals surface area contributed by atoms with Crippen molar-refractivity contribution in [3.63, 3.8) is 0 Å². The van der Waals surface area contributed by atoms with E-state index in [2.05, 4.69) is 16.9 Å². The molecule has 0 saturated heterocycles. The second-order valence-electron chi connectivity index (χ2n) is 7.79. The molecule has 1 aromatic carbocycles. The van der Waals surface area contributed by atoms with Gasteiger partial charge in [0.2, 0.25) is 0 Å². The van der Waals surface area contributed by atoms with Crippen LogP contribution >= 0.6 is 0 Å². The van der Waals surface area contributed by atoms with Crippen molar-refractivity contribution in [2.45, 2.75) is 84.2 Å². The maximum absolute atomic E-state index is 14.5. The highest BCUT2D eigenvalue weighted by Gasteiger charge is 2.16. The summed E-state index contributed by atoms with van der Waals surface area (Å²) >= 11 is 0. The van der Waals surface area contributed by atoms with Crippen LogP contribution in [0.1, 0.15) is 77.2 Å². The largest absolute Gasteiger partial charge is 0.490 e. The van der Waals surface area contributed by atoms with E-state index in [1.54, 1.807) is 0 Å². The third-order valence-electron chi connectivity index (χ3n) is 5.10. The van der Waals surface area contributed by atoms with E-state index < -0.39 is 17.8 Å². The van der Waals surface area contributed by atoms with Gasteiger partial charge >= 0.3 is 0 Å². The van der Waals surface area contributed by atoms with Gasteiger partial charge in [0.25, 0.3) is 0 Å². The van der Waals surface area contributed by atoms with Gasteiger partial charge in [-0.3, -0.25) is 0 Å². The Labute approximate surface area is 178 Å². The Morgan fingerprint density at radius 2 is 1.57 bits per heavy atom. The predicted octanol–water partition coefficient (Wildman–Crippen LogP) is 7.23. The van der Waals surface area contributed by atoms with Crippen molar-refractivity contribution in [2.75, 3.05) is 6.61 Å². The van der Waals surface area contributed by atoms with E-state index in [-0.39, 0.29) is 17.0 Å². The quantitative estimate of drug-likeness (QED) is 0.301. The minimum Gasteiger partial charge on any atom is -0.490 e. The summed E-state index contributed by atoms with van der Waals surface area (Å²) in [5, 5.41) is 0. The zero-order valence-corrected chi connectivity index (χ0v) is 18.1. The normalized spacial score (nSPS) is 12.2. The summed E-state index contributed by atoms with van der Waals surface area (Å²) in [5.74, 6) is -1.26. The highest BCUT2D eigenvalue weighted by molar-refractivity contribution is 5.57. The van der Waals surface area contributed by atoms with Crippen molar-refractivity contribution in [3.8, 4) is 17.1 Å². The fraction of sp³-hybridized carbons (Fsp3) is 0.583. The Kier molecular flexibility index (Phi) is 10.7. The van der Waals surface area contributed by atoms with Gasteiger partial charge in [-0.1, -0.05) is 51.5 Å². The molecule has 0 bridgehead atoms. The highest BCUT2D eigenvalue weighted by atomic mass is 19.2. The number of unbranched alkanes of at least 4 members (excludes halogenated alkanes) is 6. The second-order valence-corrected chi connectivity index (χ2v) is 7.79. The molecule has 0 aliphatic carbocycles. The van der Waals surface area contributed by atoms with Crippen molar-refractivity contribution in [3.05, 3.63) is 41.7 Å². The summed E-state index contributed by atoms with van der Waals surface area (Å²) in [4.78, 5) is 8.24. The summed E-state index contributed by atoms with van der Waals surface area (Å²) in [7, 11) is 0. The van der Waals surface area contributed by atoms with Crippen molar-refractivity contribution < 1.29 is 17.9 Å². The zero-order valence-electron chi connectivity index (χ0n) is 18.1. The SMILES string of the molecule is CCCCCCCCCOc1cnc(-c2ccc(CCCC(C)F)c(F)c2F)nc1. The molecular formula is C24H33F3N2O. The molecule has 2 aromatic rings. The monoisotopic (exact) mass is 422 g/mol. The average molecular weight is 423 g/mol. The van der Waals surface area contributed by atoms with Crippen molar-refractivity contribution in [1.82, 2.24) is 9.97 Å².